The number of nitrogens with zero attached hydrogens (tertiary/aromatic N) is 1. The largest absolute Gasteiger partial charge is 0.326 e. The summed E-state index contributed by atoms with van der Waals surface area (Å²) in [5.74, 6) is 0.103. The Kier molecular flexibility index (Phi) is 3.75. The molecule has 1 amide bonds. The minimum atomic E-state index is -0.282. The second kappa shape index (κ2) is 5.69. The van der Waals surface area contributed by atoms with Gasteiger partial charge in [-0.3, -0.25) is 9.89 Å². The number of benzene rings is 1. The molecule has 0 saturated carbocycles. The van der Waals surface area contributed by atoms with Gasteiger partial charge in [-0.05, 0) is 44.1 Å². The van der Waals surface area contributed by atoms with Crippen molar-refractivity contribution in [2.75, 3.05) is 18.4 Å². The fraction of sp³-hybridized carbons (Fsp3) is 0.375. The van der Waals surface area contributed by atoms with E-state index in [2.05, 4.69) is 20.8 Å². The number of amides is 1. The Morgan fingerprint density at radius 3 is 2.81 bits per heavy atom. The van der Waals surface area contributed by atoms with Crippen LogP contribution in [0.5, 0.6) is 0 Å². The van der Waals surface area contributed by atoms with Crippen molar-refractivity contribution in [3.63, 3.8) is 0 Å². The van der Waals surface area contributed by atoms with Gasteiger partial charge in [0.25, 0.3) is 0 Å². The molecule has 1 fully saturated rings. The topological polar surface area (TPSA) is 69.8 Å². The van der Waals surface area contributed by atoms with Crippen LogP contribution in [0.25, 0.3) is 11.3 Å². The standard InChI is InChI=1S/C16H20N4O/c1-16(6-9-17-10-7-16)15(21)19-13-4-2-3-12(11-13)14-5-8-18-20-14/h2-5,8,11,17H,6-7,9-10H2,1H3,(H,18,20)(H,19,21). The zero-order chi connectivity index (χ0) is 14.7. The van der Waals surface area contributed by atoms with Crippen molar-refractivity contribution in [2.45, 2.75) is 19.8 Å². The molecule has 1 aromatic heterocycles. The fourth-order valence-electron chi connectivity index (χ4n) is 2.67. The molecule has 0 spiro atoms. The summed E-state index contributed by atoms with van der Waals surface area (Å²) in [5.41, 5.74) is 2.50. The number of piperidine rings is 1. The Morgan fingerprint density at radius 1 is 1.29 bits per heavy atom. The molecule has 2 heterocycles. The number of hydrogen-bond acceptors (Lipinski definition) is 3. The number of carbonyl (C=O) groups is 1. The summed E-state index contributed by atoms with van der Waals surface area (Å²) in [4.78, 5) is 12.5. The van der Waals surface area contributed by atoms with Crippen molar-refractivity contribution in [1.29, 1.82) is 0 Å². The Morgan fingerprint density at radius 2 is 2.10 bits per heavy atom. The molecule has 0 atom stereocenters. The van der Waals surface area contributed by atoms with Crippen LogP contribution in [-0.4, -0.2) is 29.2 Å². The molecule has 0 aliphatic carbocycles. The summed E-state index contributed by atoms with van der Waals surface area (Å²) in [7, 11) is 0. The van der Waals surface area contributed by atoms with Crippen LogP contribution in [0.15, 0.2) is 36.5 Å². The highest BCUT2D eigenvalue weighted by Gasteiger charge is 2.34. The molecule has 3 rings (SSSR count). The first kappa shape index (κ1) is 13.8. The van der Waals surface area contributed by atoms with Gasteiger partial charge in [0.2, 0.25) is 5.91 Å². The molecule has 2 aromatic rings. The molecule has 1 aliphatic rings. The summed E-state index contributed by atoms with van der Waals surface area (Å²) in [5, 5.41) is 13.2. The van der Waals surface area contributed by atoms with Gasteiger partial charge in [0.1, 0.15) is 0 Å². The average Bonchev–Trinajstić information content (AvgIpc) is 3.02. The molecule has 0 bridgehead atoms. The predicted molar refractivity (Wildman–Crippen MR) is 82.9 cm³/mol. The molecule has 5 heteroatoms. The van der Waals surface area contributed by atoms with Gasteiger partial charge in [-0.25, -0.2) is 0 Å². The van der Waals surface area contributed by atoms with E-state index in [1.807, 2.05) is 37.3 Å². The maximum Gasteiger partial charge on any atom is 0.230 e. The first-order valence-electron chi connectivity index (χ1n) is 7.29. The summed E-state index contributed by atoms with van der Waals surface area (Å²) in [6, 6.07) is 9.74. The molecule has 21 heavy (non-hydrogen) atoms. The maximum absolute atomic E-state index is 12.5. The zero-order valence-electron chi connectivity index (χ0n) is 12.1. The van der Waals surface area contributed by atoms with Crippen LogP contribution in [0.2, 0.25) is 0 Å². The molecule has 0 unspecified atom stereocenters. The lowest BCUT2D eigenvalue weighted by atomic mass is 9.80. The number of H-pyrrole nitrogens is 1. The van der Waals surface area contributed by atoms with Crippen LogP contribution in [0.4, 0.5) is 5.69 Å². The Hall–Kier alpha value is -2.14. The van der Waals surface area contributed by atoms with Crippen molar-refractivity contribution < 1.29 is 4.79 Å². The third kappa shape index (κ3) is 2.97. The first-order valence-corrected chi connectivity index (χ1v) is 7.29. The third-order valence-corrected chi connectivity index (χ3v) is 4.19. The normalized spacial score (nSPS) is 17.4. The SMILES string of the molecule is CC1(C(=O)Nc2cccc(-c3ccn[nH]3)c2)CCNCC1. The van der Waals surface area contributed by atoms with Crippen molar-refractivity contribution in [3.05, 3.63) is 36.5 Å². The lowest BCUT2D eigenvalue weighted by Gasteiger charge is -2.32. The monoisotopic (exact) mass is 284 g/mol. The molecule has 5 nitrogen and oxygen atoms in total. The van der Waals surface area contributed by atoms with Crippen LogP contribution in [0, 0.1) is 5.41 Å². The van der Waals surface area contributed by atoms with Gasteiger partial charge in [0.15, 0.2) is 0 Å². The number of hydrogen-bond donors (Lipinski definition) is 3. The molecular weight excluding hydrogens is 264 g/mol. The predicted octanol–water partition coefficient (Wildman–Crippen LogP) is 2.40. The number of rotatable bonds is 3. The van der Waals surface area contributed by atoms with Crippen LogP contribution in [-0.2, 0) is 4.79 Å². The quantitative estimate of drug-likeness (QED) is 0.810. The van der Waals surface area contributed by atoms with Gasteiger partial charge in [0, 0.05) is 22.9 Å². The molecular formula is C16H20N4O. The van der Waals surface area contributed by atoms with E-state index < -0.39 is 0 Å². The number of aromatic amines is 1. The minimum Gasteiger partial charge on any atom is -0.326 e. The number of anilines is 1. The van der Waals surface area contributed by atoms with Gasteiger partial charge in [-0.15, -0.1) is 0 Å². The van der Waals surface area contributed by atoms with E-state index in [1.54, 1.807) is 6.20 Å². The Balaban J connectivity index is 1.76. The Bertz CT molecular complexity index is 615. The summed E-state index contributed by atoms with van der Waals surface area (Å²) in [6.07, 6.45) is 3.47. The highest BCUT2D eigenvalue weighted by atomic mass is 16.2. The van der Waals surface area contributed by atoms with Gasteiger partial charge < -0.3 is 10.6 Å². The van der Waals surface area contributed by atoms with E-state index in [0.29, 0.717) is 0 Å². The number of aromatic nitrogens is 2. The van der Waals surface area contributed by atoms with E-state index in [-0.39, 0.29) is 11.3 Å². The van der Waals surface area contributed by atoms with Crippen molar-refractivity contribution in [2.24, 2.45) is 5.41 Å². The van der Waals surface area contributed by atoms with E-state index >= 15 is 0 Å². The van der Waals surface area contributed by atoms with Gasteiger partial charge in [-0.2, -0.15) is 5.10 Å². The summed E-state index contributed by atoms with van der Waals surface area (Å²) >= 11 is 0. The molecule has 1 aliphatic heterocycles. The highest BCUT2D eigenvalue weighted by molar-refractivity contribution is 5.95. The van der Waals surface area contributed by atoms with E-state index in [1.165, 1.54) is 0 Å². The van der Waals surface area contributed by atoms with Gasteiger partial charge in [-0.1, -0.05) is 19.1 Å². The lowest BCUT2D eigenvalue weighted by molar-refractivity contribution is -0.126. The minimum absolute atomic E-state index is 0.103. The molecule has 1 saturated heterocycles. The third-order valence-electron chi connectivity index (χ3n) is 4.19. The molecule has 3 N–H and O–H groups in total. The van der Waals surface area contributed by atoms with Crippen LogP contribution >= 0.6 is 0 Å². The average molecular weight is 284 g/mol. The number of carbonyl (C=O) groups excluding carboxylic acids is 1. The van der Waals surface area contributed by atoms with Crippen LogP contribution in [0.1, 0.15) is 19.8 Å². The van der Waals surface area contributed by atoms with Crippen LogP contribution < -0.4 is 10.6 Å². The van der Waals surface area contributed by atoms with Crippen molar-refractivity contribution in [3.8, 4) is 11.3 Å². The second-order valence-electron chi connectivity index (χ2n) is 5.82. The second-order valence-corrected chi connectivity index (χ2v) is 5.82. The smallest absolute Gasteiger partial charge is 0.230 e. The first-order chi connectivity index (χ1) is 10.2. The Labute approximate surface area is 124 Å². The van der Waals surface area contributed by atoms with Crippen molar-refractivity contribution in [1.82, 2.24) is 15.5 Å². The summed E-state index contributed by atoms with van der Waals surface area (Å²) in [6.45, 7) is 3.85. The van der Waals surface area contributed by atoms with E-state index in [4.69, 9.17) is 0 Å². The maximum atomic E-state index is 12.5. The molecule has 110 valence electrons. The fourth-order valence-corrected chi connectivity index (χ4v) is 2.67. The zero-order valence-corrected chi connectivity index (χ0v) is 12.1. The number of nitrogens with one attached hydrogen (secondary N) is 3. The summed E-state index contributed by atoms with van der Waals surface area (Å²) < 4.78 is 0. The highest BCUT2D eigenvalue weighted by Crippen LogP contribution is 2.30. The van der Waals surface area contributed by atoms with Crippen LogP contribution in [0.3, 0.4) is 0 Å². The molecule has 1 aromatic carbocycles. The van der Waals surface area contributed by atoms with E-state index in [9.17, 15) is 4.79 Å². The lowest BCUT2D eigenvalue weighted by Crippen LogP contribution is -2.42. The van der Waals surface area contributed by atoms with E-state index in [0.717, 1.165) is 42.9 Å². The van der Waals surface area contributed by atoms with Gasteiger partial charge >= 0.3 is 0 Å². The van der Waals surface area contributed by atoms with Crippen molar-refractivity contribution >= 4 is 11.6 Å². The molecule has 0 radical (unpaired) electrons. The van der Waals surface area contributed by atoms with Gasteiger partial charge in [0.05, 0.1) is 5.69 Å².